The molecule has 0 amide bonds. The number of hydrogen-bond acceptors (Lipinski definition) is 2. The van der Waals surface area contributed by atoms with E-state index < -0.39 is 0 Å². The molecule has 1 aromatic carbocycles. The van der Waals surface area contributed by atoms with Crippen molar-refractivity contribution in [2.45, 2.75) is 52.1 Å². The minimum Gasteiger partial charge on any atom is -0.366 e. The van der Waals surface area contributed by atoms with Crippen LogP contribution in [0.25, 0.3) is 0 Å². The van der Waals surface area contributed by atoms with Crippen molar-refractivity contribution in [1.82, 2.24) is 0 Å². The number of benzene rings is 1. The van der Waals surface area contributed by atoms with Crippen LogP contribution in [0.15, 0.2) is 18.2 Å². The lowest BCUT2D eigenvalue weighted by Gasteiger charge is -2.47. The van der Waals surface area contributed by atoms with Gasteiger partial charge in [0, 0.05) is 23.8 Å². The molecule has 2 N–H and O–H groups in total. The van der Waals surface area contributed by atoms with Crippen LogP contribution in [0, 0.1) is 13.8 Å². The highest BCUT2D eigenvalue weighted by atomic mass is 15.2. The van der Waals surface area contributed by atoms with E-state index in [4.69, 9.17) is 5.73 Å². The van der Waals surface area contributed by atoms with Gasteiger partial charge in [-0.2, -0.15) is 0 Å². The average molecular weight is 232 g/mol. The van der Waals surface area contributed by atoms with Gasteiger partial charge >= 0.3 is 0 Å². The highest BCUT2D eigenvalue weighted by Gasteiger charge is 2.34. The van der Waals surface area contributed by atoms with Crippen molar-refractivity contribution in [2.24, 2.45) is 5.73 Å². The van der Waals surface area contributed by atoms with Crippen LogP contribution in [-0.2, 0) is 0 Å². The molecule has 1 atom stereocenters. The molecule has 17 heavy (non-hydrogen) atoms. The third kappa shape index (κ3) is 2.32. The molecule has 1 saturated heterocycles. The Balaban J connectivity index is 2.36. The zero-order valence-corrected chi connectivity index (χ0v) is 11.5. The van der Waals surface area contributed by atoms with Gasteiger partial charge in [-0.1, -0.05) is 12.1 Å². The predicted octanol–water partition coefficient (Wildman–Crippen LogP) is 3.01. The van der Waals surface area contributed by atoms with Crippen LogP contribution in [0.1, 0.15) is 37.8 Å². The van der Waals surface area contributed by atoms with Gasteiger partial charge in [0.05, 0.1) is 0 Å². The lowest BCUT2D eigenvalue weighted by molar-refractivity contribution is 0.327. The summed E-state index contributed by atoms with van der Waals surface area (Å²) >= 11 is 0. The van der Waals surface area contributed by atoms with E-state index in [0.717, 1.165) is 19.4 Å². The molecular weight excluding hydrogens is 208 g/mol. The largest absolute Gasteiger partial charge is 0.366 e. The predicted molar refractivity (Wildman–Crippen MR) is 74.6 cm³/mol. The Morgan fingerprint density at radius 1 is 1.29 bits per heavy atom. The van der Waals surface area contributed by atoms with Crippen molar-refractivity contribution >= 4 is 5.69 Å². The highest BCUT2D eigenvalue weighted by Crippen LogP contribution is 2.34. The number of rotatable bonds is 1. The molecule has 0 saturated carbocycles. The lowest BCUT2D eigenvalue weighted by Crippen LogP contribution is -2.54. The molecule has 0 aromatic heterocycles. The summed E-state index contributed by atoms with van der Waals surface area (Å²) in [6.45, 7) is 10.1. The van der Waals surface area contributed by atoms with E-state index in [1.165, 1.54) is 16.8 Å². The summed E-state index contributed by atoms with van der Waals surface area (Å²) in [5.74, 6) is 0. The van der Waals surface area contributed by atoms with Crippen molar-refractivity contribution in [3.8, 4) is 0 Å². The highest BCUT2D eigenvalue weighted by molar-refractivity contribution is 5.58. The molecule has 0 spiro atoms. The Morgan fingerprint density at radius 2 is 2.00 bits per heavy atom. The summed E-state index contributed by atoms with van der Waals surface area (Å²) in [4.78, 5) is 2.53. The van der Waals surface area contributed by atoms with Gasteiger partial charge in [-0.15, -0.1) is 0 Å². The van der Waals surface area contributed by atoms with Gasteiger partial charge in [0.25, 0.3) is 0 Å². The van der Waals surface area contributed by atoms with Crippen molar-refractivity contribution in [2.75, 3.05) is 11.4 Å². The maximum absolute atomic E-state index is 6.09. The molecule has 2 rings (SSSR count). The summed E-state index contributed by atoms with van der Waals surface area (Å²) in [7, 11) is 0. The molecule has 2 nitrogen and oxygen atoms in total. The van der Waals surface area contributed by atoms with Gasteiger partial charge in [0.1, 0.15) is 0 Å². The van der Waals surface area contributed by atoms with Crippen LogP contribution in [0.3, 0.4) is 0 Å². The van der Waals surface area contributed by atoms with Crippen LogP contribution in [0.5, 0.6) is 0 Å². The van der Waals surface area contributed by atoms with E-state index in [-0.39, 0.29) is 5.54 Å². The first kappa shape index (κ1) is 12.4. The van der Waals surface area contributed by atoms with E-state index in [1.54, 1.807) is 0 Å². The third-order valence-corrected chi connectivity index (χ3v) is 4.08. The summed E-state index contributed by atoms with van der Waals surface area (Å²) in [6.07, 6.45) is 2.16. The van der Waals surface area contributed by atoms with Crippen LogP contribution in [-0.4, -0.2) is 18.1 Å². The summed E-state index contributed by atoms with van der Waals surface area (Å²) < 4.78 is 0. The molecule has 0 radical (unpaired) electrons. The van der Waals surface area contributed by atoms with Crippen molar-refractivity contribution in [1.29, 1.82) is 0 Å². The van der Waals surface area contributed by atoms with Gasteiger partial charge < -0.3 is 10.6 Å². The van der Waals surface area contributed by atoms with Crippen LogP contribution < -0.4 is 10.6 Å². The molecule has 0 aliphatic carbocycles. The van der Waals surface area contributed by atoms with Crippen molar-refractivity contribution in [3.05, 3.63) is 29.3 Å². The van der Waals surface area contributed by atoms with E-state index in [0.29, 0.717) is 6.04 Å². The molecule has 1 aliphatic rings. The second-order valence-corrected chi connectivity index (χ2v) is 5.94. The molecule has 1 unspecified atom stereocenters. The first-order valence-corrected chi connectivity index (χ1v) is 6.51. The Bertz CT molecular complexity index is 409. The van der Waals surface area contributed by atoms with Crippen LogP contribution >= 0.6 is 0 Å². The molecular formula is C15H24N2. The molecule has 94 valence electrons. The molecule has 1 heterocycles. The van der Waals surface area contributed by atoms with E-state index in [2.05, 4.69) is 50.8 Å². The normalized spacial score (nSPS) is 23.8. The number of nitrogens with zero attached hydrogens (tertiary/aromatic N) is 1. The number of nitrogens with two attached hydrogens (primary N) is 1. The third-order valence-electron chi connectivity index (χ3n) is 4.08. The lowest BCUT2D eigenvalue weighted by atomic mass is 9.86. The fourth-order valence-corrected chi connectivity index (χ4v) is 2.93. The number of piperidine rings is 1. The summed E-state index contributed by atoms with van der Waals surface area (Å²) in [5.41, 5.74) is 10.4. The Hall–Kier alpha value is -1.02. The van der Waals surface area contributed by atoms with Gasteiger partial charge in [0.15, 0.2) is 0 Å². The monoisotopic (exact) mass is 232 g/mol. The molecule has 1 aliphatic heterocycles. The van der Waals surface area contributed by atoms with Gasteiger partial charge in [0.2, 0.25) is 0 Å². The fraction of sp³-hybridized carbons (Fsp3) is 0.600. The van der Waals surface area contributed by atoms with Crippen molar-refractivity contribution < 1.29 is 0 Å². The van der Waals surface area contributed by atoms with Gasteiger partial charge in [-0.05, 0) is 57.7 Å². The SMILES string of the molecule is Cc1cccc(N2CCC(N)CC2(C)C)c1C. The molecule has 0 bridgehead atoms. The quantitative estimate of drug-likeness (QED) is 0.806. The van der Waals surface area contributed by atoms with E-state index in [1.807, 2.05) is 0 Å². The van der Waals surface area contributed by atoms with E-state index >= 15 is 0 Å². The smallest absolute Gasteiger partial charge is 0.0403 e. The number of anilines is 1. The summed E-state index contributed by atoms with van der Waals surface area (Å²) in [6, 6.07) is 6.93. The first-order chi connectivity index (χ1) is 7.92. The molecule has 1 fully saturated rings. The Morgan fingerprint density at radius 3 is 2.65 bits per heavy atom. The van der Waals surface area contributed by atoms with Crippen LogP contribution in [0.2, 0.25) is 0 Å². The standard InChI is InChI=1S/C15H24N2/c1-11-6-5-7-14(12(11)2)17-9-8-13(16)10-15(17,3)4/h5-7,13H,8-10,16H2,1-4H3. The van der Waals surface area contributed by atoms with Gasteiger partial charge in [-0.3, -0.25) is 0 Å². The van der Waals surface area contributed by atoms with E-state index in [9.17, 15) is 0 Å². The van der Waals surface area contributed by atoms with Gasteiger partial charge in [-0.25, -0.2) is 0 Å². The number of hydrogen-bond donors (Lipinski definition) is 1. The minimum atomic E-state index is 0.163. The average Bonchev–Trinajstić information content (AvgIpc) is 2.22. The second-order valence-electron chi connectivity index (χ2n) is 5.94. The fourth-order valence-electron chi connectivity index (χ4n) is 2.93. The topological polar surface area (TPSA) is 29.3 Å². The minimum absolute atomic E-state index is 0.163. The van der Waals surface area contributed by atoms with Crippen LogP contribution in [0.4, 0.5) is 5.69 Å². The number of aryl methyl sites for hydroxylation is 1. The summed E-state index contributed by atoms with van der Waals surface area (Å²) in [5, 5.41) is 0. The Kier molecular flexibility index (Phi) is 3.17. The maximum Gasteiger partial charge on any atom is 0.0403 e. The molecule has 2 heteroatoms. The first-order valence-electron chi connectivity index (χ1n) is 6.51. The second kappa shape index (κ2) is 4.34. The maximum atomic E-state index is 6.09. The van der Waals surface area contributed by atoms with Crippen molar-refractivity contribution in [3.63, 3.8) is 0 Å². The zero-order chi connectivity index (χ0) is 12.6. The Labute approximate surface area is 105 Å². The zero-order valence-electron chi connectivity index (χ0n) is 11.5. The molecule has 1 aromatic rings.